The van der Waals surface area contributed by atoms with Crippen LogP contribution >= 0.6 is 0 Å². The number of amides is 1. The lowest BCUT2D eigenvalue weighted by Crippen LogP contribution is -2.24. The van der Waals surface area contributed by atoms with Crippen LogP contribution in [0.2, 0.25) is 0 Å². The number of rotatable bonds is 6. The average Bonchev–Trinajstić information content (AvgIpc) is 3.18. The molecule has 178 valence electrons. The van der Waals surface area contributed by atoms with Gasteiger partial charge in [-0.2, -0.15) is 13.2 Å². The van der Waals surface area contributed by atoms with Crippen LogP contribution in [0.5, 0.6) is 5.75 Å². The third-order valence-electron chi connectivity index (χ3n) is 5.88. The van der Waals surface area contributed by atoms with Gasteiger partial charge in [-0.05, 0) is 59.0 Å². The monoisotopic (exact) mass is 470 g/mol. The summed E-state index contributed by atoms with van der Waals surface area (Å²) < 4.78 is 51.6. The molecule has 1 saturated heterocycles. The van der Waals surface area contributed by atoms with E-state index in [2.05, 4.69) is 4.98 Å². The molecule has 0 radical (unpaired) electrons. The van der Waals surface area contributed by atoms with Gasteiger partial charge in [0.2, 0.25) is 0 Å². The first-order valence-corrected chi connectivity index (χ1v) is 10.9. The molecule has 1 aliphatic rings. The number of carbonyl (C=O) groups is 1. The van der Waals surface area contributed by atoms with E-state index in [4.69, 9.17) is 9.47 Å². The van der Waals surface area contributed by atoms with Crippen molar-refractivity contribution >= 4 is 6.09 Å². The summed E-state index contributed by atoms with van der Waals surface area (Å²) in [5.41, 5.74) is 2.44. The Morgan fingerprint density at radius 3 is 2.56 bits per heavy atom. The van der Waals surface area contributed by atoms with Crippen molar-refractivity contribution in [3.8, 4) is 16.9 Å². The standard InChI is InChI=1S/C26H25F3N2O3/c1-16(2)17-7-10-23(33-3)21(13-17)20-9-8-19(26(27,28)29)12-18(20)14-31-15-24(34-25(31)32)22-6-4-5-11-30-22/h4-13,16,24H,14-15H2,1-3H3. The molecule has 3 aromatic rings. The number of hydrogen-bond acceptors (Lipinski definition) is 4. The van der Waals surface area contributed by atoms with Gasteiger partial charge in [-0.3, -0.25) is 9.88 Å². The zero-order valence-electron chi connectivity index (χ0n) is 19.1. The minimum Gasteiger partial charge on any atom is -0.496 e. The number of pyridine rings is 1. The van der Waals surface area contributed by atoms with Gasteiger partial charge in [0.05, 0.1) is 24.9 Å². The number of alkyl halides is 3. The second-order valence-corrected chi connectivity index (χ2v) is 8.49. The number of methoxy groups -OCH3 is 1. The fraction of sp³-hybridized carbons (Fsp3) is 0.308. The van der Waals surface area contributed by atoms with Gasteiger partial charge < -0.3 is 9.47 Å². The van der Waals surface area contributed by atoms with Crippen molar-refractivity contribution in [2.24, 2.45) is 0 Å². The maximum absolute atomic E-state index is 13.6. The first-order valence-electron chi connectivity index (χ1n) is 10.9. The minimum absolute atomic E-state index is 0.0452. The van der Waals surface area contributed by atoms with Crippen molar-refractivity contribution in [2.45, 2.75) is 38.6 Å². The number of hydrogen-bond donors (Lipinski definition) is 0. The summed E-state index contributed by atoms with van der Waals surface area (Å²) in [5, 5.41) is 0. The highest BCUT2D eigenvalue weighted by atomic mass is 19.4. The summed E-state index contributed by atoms with van der Waals surface area (Å²) in [6.45, 7) is 4.22. The smallest absolute Gasteiger partial charge is 0.416 e. The zero-order valence-corrected chi connectivity index (χ0v) is 19.1. The topological polar surface area (TPSA) is 51.7 Å². The summed E-state index contributed by atoms with van der Waals surface area (Å²) in [4.78, 5) is 18.2. The van der Waals surface area contributed by atoms with Crippen LogP contribution in [0.15, 0.2) is 60.8 Å². The molecule has 0 aliphatic carbocycles. The quantitative estimate of drug-likeness (QED) is 0.408. The van der Waals surface area contributed by atoms with E-state index in [1.165, 1.54) is 18.1 Å². The molecule has 1 aliphatic heterocycles. The van der Waals surface area contributed by atoms with Crippen molar-refractivity contribution in [3.05, 3.63) is 83.2 Å². The van der Waals surface area contributed by atoms with E-state index in [1.807, 2.05) is 32.0 Å². The predicted molar refractivity (Wildman–Crippen MR) is 121 cm³/mol. The van der Waals surface area contributed by atoms with Gasteiger partial charge in [0.25, 0.3) is 0 Å². The maximum Gasteiger partial charge on any atom is 0.416 e. The normalized spacial score (nSPS) is 16.1. The van der Waals surface area contributed by atoms with E-state index in [0.29, 0.717) is 28.1 Å². The van der Waals surface area contributed by atoms with Gasteiger partial charge >= 0.3 is 12.3 Å². The predicted octanol–water partition coefficient (Wildman–Crippen LogP) is 6.59. The van der Waals surface area contributed by atoms with Crippen molar-refractivity contribution in [3.63, 3.8) is 0 Å². The Morgan fingerprint density at radius 1 is 1.12 bits per heavy atom. The molecule has 2 aromatic carbocycles. The van der Waals surface area contributed by atoms with Gasteiger partial charge in [-0.25, -0.2) is 4.79 Å². The van der Waals surface area contributed by atoms with Gasteiger partial charge in [0.15, 0.2) is 6.10 Å². The van der Waals surface area contributed by atoms with Gasteiger partial charge in [-0.15, -0.1) is 0 Å². The fourth-order valence-corrected chi connectivity index (χ4v) is 4.02. The molecule has 0 bridgehead atoms. The summed E-state index contributed by atoms with van der Waals surface area (Å²) in [5.74, 6) is 0.760. The molecule has 5 nitrogen and oxygen atoms in total. The van der Waals surface area contributed by atoms with Crippen LogP contribution in [-0.4, -0.2) is 29.6 Å². The van der Waals surface area contributed by atoms with Crippen LogP contribution < -0.4 is 4.74 Å². The maximum atomic E-state index is 13.6. The molecule has 1 aromatic heterocycles. The van der Waals surface area contributed by atoms with E-state index in [0.717, 1.165) is 17.7 Å². The lowest BCUT2D eigenvalue weighted by Gasteiger charge is -2.20. The Morgan fingerprint density at radius 2 is 1.91 bits per heavy atom. The first kappa shape index (κ1) is 23.6. The molecule has 2 heterocycles. The van der Waals surface area contributed by atoms with E-state index >= 15 is 0 Å². The van der Waals surface area contributed by atoms with E-state index in [-0.39, 0.29) is 19.0 Å². The van der Waals surface area contributed by atoms with Gasteiger partial charge in [0.1, 0.15) is 5.75 Å². The minimum atomic E-state index is -4.51. The van der Waals surface area contributed by atoms with Crippen molar-refractivity contribution in [1.82, 2.24) is 9.88 Å². The third kappa shape index (κ3) is 4.85. The molecular formula is C26H25F3N2O3. The summed E-state index contributed by atoms with van der Waals surface area (Å²) in [6, 6.07) is 14.6. The molecular weight excluding hydrogens is 445 g/mol. The number of nitrogens with zero attached hydrogens (tertiary/aromatic N) is 2. The summed E-state index contributed by atoms with van der Waals surface area (Å²) in [7, 11) is 1.52. The number of carbonyl (C=O) groups excluding carboxylic acids is 1. The van der Waals surface area contributed by atoms with Crippen LogP contribution in [0.3, 0.4) is 0 Å². The molecule has 1 atom stereocenters. The lowest BCUT2D eigenvalue weighted by molar-refractivity contribution is -0.137. The fourth-order valence-electron chi connectivity index (χ4n) is 4.02. The zero-order chi connectivity index (χ0) is 24.5. The SMILES string of the molecule is COc1ccc(C(C)C)cc1-c1ccc(C(F)(F)F)cc1CN1CC(c2ccccn2)OC1=O. The van der Waals surface area contributed by atoms with Gasteiger partial charge in [0, 0.05) is 18.3 Å². The van der Waals surface area contributed by atoms with Crippen LogP contribution in [0.25, 0.3) is 11.1 Å². The van der Waals surface area contributed by atoms with Gasteiger partial charge in [-0.1, -0.05) is 32.0 Å². The number of cyclic esters (lactones) is 1. The van der Waals surface area contributed by atoms with Crippen LogP contribution in [0.4, 0.5) is 18.0 Å². The Bertz CT molecular complexity index is 1180. The molecule has 0 N–H and O–H groups in total. The molecule has 34 heavy (non-hydrogen) atoms. The Hall–Kier alpha value is -3.55. The van der Waals surface area contributed by atoms with Crippen LogP contribution in [0.1, 0.15) is 48.3 Å². The highest BCUT2D eigenvalue weighted by molar-refractivity contribution is 5.76. The molecule has 1 amide bonds. The Balaban J connectivity index is 1.75. The number of ether oxygens (including phenoxy) is 2. The van der Waals surface area contributed by atoms with E-state index < -0.39 is 23.9 Å². The molecule has 0 saturated carbocycles. The van der Waals surface area contributed by atoms with Crippen LogP contribution in [-0.2, 0) is 17.5 Å². The second kappa shape index (κ2) is 9.37. The molecule has 8 heteroatoms. The number of aromatic nitrogens is 1. The largest absolute Gasteiger partial charge is 0.496 e. The Kier molecular flexibility index (Phi) is 6.50. The summed E-state index contributed by atoms with van der Waals surface area (Å²) in [6.07, 6.45) is -4.09. The van der Waals surface area contributed by atoms with Crippen molar-refractivity contribution in [2.75, 3.05) is 13.7 Å². The molecule has 0 spiro atoms. The number of halogens is 3. The van der Waals surface area contributed by atoms with E-state index in [1.54, 1.807) is 24.4 Å². The number of benzene rings is 2. The molecule has 1 fully saturated rings. The second-order valence-electron chi connectivity index (χ2n) is 8.49. The first-order chi connectivity index (χ1) is 16.2. The highest BCUT2D eigenvalue weighted by Gasteiger charge is 2.35. The Labute approximate surface area is 196 Å². The molecule has 4 rings (SSSR count). The van der Waals surface area contributed by atoms with Crippen molar-refractivity contribution < 1.29 is 27.4 Å². The highest BCUT2D eigenvalue weighted by Crippen LogP contribution is 2.39. The third-order valence-corrected chi connectivity index (χ3v) is 5.88. The van der Waals surface area contributed by atoms with E-state index in [9.17, 15) is 18.0 Å². The molecule has 1 unspecified atom stereocenters. The van der Waals surface area contributed by atoms with Crippen LogP contribution in [0, 0.1) is 0 Å². The average molecular weight is 470 g/mol. The summed E-state index contributed by atoms with van der Waals surface area (Å²) >= 11 is 0. The van der Waals surface area contributed by atoms with Crippen molar-refractivity contribution in [1.29, 1.82) is 0 Å². The lowest BCUT2D eigenvalue weighted by atomic mass is 9.92.